The molecule has 1 heterocycles. The van der Waals surface area contributed by atoms with Crippen molar-refractivity contribution in [1.29, 1.82) is 0 Å². The van der Waals surface area contributed by atoms with Crippen LogP contribution in [0.2, 0.25) is 5.02 Å². The van der Waals surface area contributed by atoms with E-state index in [1.807, 2.05) is 32.0 Å². The molecule has 3 rings (SSSR count). The Balaban J connectivity index is 1.84. The van der Waals surface area contributed by atoms with Crippen LogP contribution in [0.5, 0.6) is 11.5 Å². The average molecular weight is 389 g/mol. The number of halogens is 1. The van der Waals surface area contributed by atoms with Gasteiger partial charge in [0.15, 0.2) is 5.82 Å². The SMILES string of the molecule is Cc1cccc(C)c1OCc1n[nH]c(=S)n1/N=C/c1cc(Cl)ccc1O. The molecule has 26 heavy (non-hydrogen) atoms. The monoisotopic (exact) mass is 388 g/mol. The van der Waals surface area contributed by atoms with Gasteiger partial charge in [-0.2, -0.15) is 14.9 Å². The summed E-state index contributed by atoms with van der Waals surface area (Å²) in [5.74, 6) is 1.39. The standard InChI is InChI=1S/C18H17ClN4O2S/c1-11-4-3-5-12(2)17(11)25-10-16-21-22-18(26)23(16)20-9-13-8-14(19)6-7-15(13)24/h3-9,24H,10H2,1-2H3,(H,22,26)/b20-9+. The lowest BCUT2D eigenvalue weighted by molar-refractivity contribution is 0.287. The molecule has 8 heteroatoms. The first kappa shape index (κ1) is 18.2. The highest BCUT2D eigenvalue weighted by atomic mass is 35.5. The maximum absolute atomic E-state index is 9.88. The topological polar surface area (TPSA) is 75.4 Å². The minimum atomic E-state index is 0.0708. The molecule has 0 unspecified atom stereocenters. The zero-order valence-corrected chi connectivity index (χ0v) is 15.8. The van der Waals surface area contributed by atoms with E-state index in [0.717, 1.165) is 16.9 Å². The van der Waals surface area contributed by atoms with E-state index >= 15 is 0 Å². The van der Waals surface area contributed by atoms with Crippen LogP contribution in [0, 0.1) is 18.6 Å². The van der Waals surface area contributed by atoms with Gasteiger partial charge in [0.1, 0.15) is 18.1 Å². The number of H-pyrrole nitrogens is 1. The van der Waals surface area contributed by atoms with E-state index < -0.39 is 0 Å². The second kappa shape index (κ2) is 7.72. The second-order valence-electron chi connectivity index (χ2n) is 5.71. The van der Waals surface area contributed by atoms with Gasteiger partial charge in [-0.3, -0.25) is 0 Å². The van der Waals surface area contributed by atoms with Crippen LogP contribution in [-0.4, -0.2) is 26.2 Å². The van der Waals surface area contributed by atoms with E-state index in [1.54, 1.807) is 12.1 Å². The summed E-state index contributed by atoms with van der Waals surface area (Å²) in [4.78, 5) is 0. The molecule has 0 aliphatic carbocycles. The summed E-state index contributed by atoms with van der Waals surface area (Å²) in [7, 11) is 0. The van der Waals surface area contributed by atoms with Gasteiger partial charge in [-0.1, -0.05) is 29.8 Å². The molecule has 0 bridgehead atoms. The number of ether oxygens (including phenoxy) is 1. The molecule has 0 saturated heterocycles. The molecule has 6 nitrogen and oxygen atoms in total. The lowest BCUT2D eigenvalue weighted by Gasteiger charge is -2.11. The number of benzene rings is 2. The third-order valence-electron chi connectivity index (χ3n) is 3.77. The Morgan fingerprint density at radius 1 is 1.31 bits per heavy atom. The Kier molecular flexibility index (Phi) is 5.39. The normalized spacial score (nSPS) is 11.2. The predicted molar refractivity (Wildman–Crippen MR) is 104 cm³/mol. The fourth-order valence-electron chi connectivity index (χ4n) is 2.45. The zero-order valence-electron chi connectivity index (χ0n) is 14.2. The van der Waals surface area contributed by atoms with E-state index in [4.69, 9.17) is 28.6 Å². The van der Waals surface area contributed by atoms with E-state index in [0.29, 0.717) is 21.2 Å². The minimum Gasteiger partial charge on any atom is -0.507 e. The number of aromatic amines is 1. The maximum Gasteiger partial charge on any atom is 0.216 e. The third kappa shape index (κ3) is 3.95. The fraction of sp³-hybridized carbons (Fsp3) is 0.167. The number of hydrogen-bond donors (Lipinski definition) is 2. The maximum atomic E-state index is 9.88. The first-order valence-electron chi connectivity index (χ1n) is 7.84. The van der Waals surface area contributed by atoms with Gasteiger partial charge in [-0.15, -0.1) is 0 Å². The molecule has 0 atom stereocenters. The van der Waals surface area contributed by atoms with E-state index in [2.05, 4.69) is 15.3 Å². The highest BCUT2D eigenvalue weighted by Gasteiger charge is 2.09. The van der Waals surface area contributed by atoms with Crippen LogP contribution in [-0.2, 0) is 6.61 Å². The van der Waals surface area contributed by atoms with Crippen LogP contribution in [0.15, 0.2) is 41.5 Å². The molecule has 1 aromatic heterocycles. The van der Waals surface area contributed by atoms with Crippen LogP contribution < -0.4 is 4.74 Å². The largest absolute Gasteiger partial charge is 0.507 e. The van der Waals surface area contributed by atoms with Gasteiger partial charge >= 0.3 is 0 Å². The minimum absolute atomic E-state index is 0.0708. The molecule has 134 valence electrons. The summed E-state index contributed by atoms with van der Waals surface area (Å²) in [6, 6.07) is 10.7. The van der Waals surface area contributed by atoms with Crippen LogP contribution >= 0.6 is 23.8 Å². The van der Waals surface area contributed by atoms with Gasteiger partial charge in [0.05, 0.1) is 6.21 Å². The van der Waals surface area contributed by atoms with Crippen molar-refractivity contribution in [3.05, 3.63) is 68.7 Å². The van der Waals surface area contributed by atoms with Crippen molar-refractivity contribution in [1.82, 2.24) is 14.9 Å². The molecule has 0 fully saturated rings. The predicted octanol–water partition coefficient (Wildman–Crippen LogP) is 4.38. The van der Waals surface area contributed by atoms with Crippen molar-refractivity contribution in [2.45, 2.75) is 20.5 Å². The first-order chi connectivity index (χ1) is 12.5. The van der Waals surface area contributed by atoms with E-state index in [-0.39, 0.29) is 12.4 Å². The van der Waals surface area contributed by atoms with Crippen molar-refractivity contribution in [2.24, 2.45) is 5.10 Å². The molecule has 2 aromatic carbocycles. The quantitative estimate of drug-likeness (QED) is 0.502. The Morgan fingerprint density at radius 3 is 2.77 bits per heavy atom. The zero-order chi connectivity index (χ0) is 18.7. The van der Waals surface area contributed by atoms with E-state index in [9.17, 15) is 5.11 Å². The van der Waals surface area contributed by atoms with Gasteiger partial charge in [0.25, 0.3) is 0 Å². The lowest BCUT2D eigenvalue weighted by atomic mass is 10.1. The summed E-state index contributed by atoms with van der Waals surface area (Å²) in [6.07, 6.45) is 1.47. The van der Waals surface area contributed by atoms with Crippen molar-refractivity contribution < 1.29 is 9.84 Å². The number of rotatable bonds is 5. The molecule has 0 spiro atoms. The number of nitrogens with zero attached hydrogens (tertiary/aromatic N) is 3. The number of phenolic OH excluding ortho intramolecular Hbond substituents is 1. The van der Waals surface area contributed by atoms with E-state index in [1.165, 1.54) is 17.0 Å². The van der Waals surface area contributed by atoms with Crippen molar-refractivity contribution in [2.75, 3.05) is 0 Å². The smallest absolute Gasteiger partial charge is 0.216 e. The Bertz CT molecular complexity index is 1010. The second-order valence-corrected chi connectivity index (χ2v) is 6.54. The number of aryl methyl sites for hydroxylation is 2. The van der Waals surface area contributed by atoms with Crippen LogP contribution in [0.3, 0.4) is 0 Å². The van der Waals surface area contributed by atoms with Gasteiger partial charge < -0.3 is 9.84 Å². The van der Waals surface area contributed by atoms with Gasteiger partial charge in [-0.05, 0) is 55.4 Å². The summed E-state index contributed by atoms with van der Waals surface area (Å²) >= 11 is 11.2. The van der Waals surface area contributed by atoms with Crippen molar-refractivity contribution >= 4 is 30.0 Å². The summed E-state index contributed by atoms with van der Waals surface area (Å²) in [5, 5.41) is 21.5. The van der Waals surface area contributed by atoms with Crippen LogP contribution in [0.1, 0.15) is 22.5 Å². The molecular formula is C18H17ClN4O2S. The number of hydrogen-bond acceptors (Lipinski definition) is 5. The molecule has 3 aromatic rings. The molecular weight excluding hydrogens is 372 g/mol. The van der Waals surface area contributed by atoms with Crippen LogP contribution in [0.25, 0.3) is 0 Å². The molecule has 0 amide bonds. The first-order valence-corrected chi connectivity index (χ1v) is 8.62. The third-order valence-corrected chi connectivity index (χ3v) is 4.27. The Labute approximate surface area is 160 Å². The number of nitrogens with one attached hydrogen (secondary N) is 1. The van der Waals surface area contributed by atoms with Gasteiger partial charge in [-0.25, -0.2) is 5.10 Å². The summed E-state index contributed by atoms with van der Waals surface area (Å²) in [6.45, 7) is 4.16. The number of para-hydroxylation sites is 1. The van der Waals surface area contributed by atoms with Crippen molar-refractivity contribution in [3.63, 3.8) is 0 Å². The number of aromatic hydroxyl groups is 1. The van der Waals surface area contributed by atoms with Gasteiger partial charge in [0.2, 0.25) is 4.77 Å². The Hall–Kier alpha value is -2.64. The number of aromatic nitrogens is 3. The summed E-state index contributed by atoms with van der Waals surface area (Å²) in [5.41, 5.74) is 2.55. The summed E-state index contributed by atoms with van der Waals surface area (Å²) < 4.78 is 7.68. The van der Waals surface area contributed by atoms with Crippen LogP contribution in [0.4, 0.5) is 0 Å². The molecule has 0 radical (unpaired) electrons. The molecule has 0 saturated carbocycles. The highest BCUT2D eigenvalue weighted by Crippen LogP contribution is 2.23. The van der Waals surface area contributed by atoms with Gasteiger partial charge in [0, 0.05) is 10.6 Å². The Morgan fingerprint density at radius 2 is 2.04 bits per heavy atom. The fourth-order valence-corrected chi connectivity index (χ4v) is 2.83. The highest BCUT2D eigenvalue weighted by molar-refractivity contribution is 7.71. The molecule has 2 N–H and O–H groups in total. The average Bonchev–Trinajstić information content (AvgIpc) is 2.95. The van der Waals surface area contributed by atoms with Crippen molar-refractivity contribution in [3.8, 4) is 11.5 Å². The molecule has 0 aliphatic rings. The molecule has 0 aliphatic heterocycles. The number of phenols is 1. The lowest BCUT2D eigenvalue weighted by Crippen LogP contribution is -2.05.